The average molecular weight is 168 g/mol. The molecule has 62 valence electrons. The molecule has 6 heteroatoms. The van der Waals surface area contributed by atoms with E-state index >= 15 is 0 Å². The number of rotatable bonds is 5. The lowest BCUT2D eigenvalue weighted by atomic mass is 10.2. The van der Waals surface area contributed by atoms with Crippen molar-refractivity contribution in [1.29, 1.82) is 0 Å². The van der Waals surface area contributed by atoms with Crippen LogP contribution < -0.4 is 5.73 Å². The SMILES string of the molecule is NC(CCO)COS(=O)[O-]. The second kappa shape index (κ2) is 5.75. The molecule has 0 fully saturated rings. The number of aliphatic hydroxyl groups is 1. The zero-order chi connectivity index (χ0) is 7.98. The fourth-order valence-electron chi connectivity index (χ4n) is 0.392. The van der Waals surface area contributed by atoms with Gasteiger partial charge in [-0.15, -0.1) is 0 Å². The minimum Gasteiger partial charge on any atom is -0.750 e. The van der Waals surface area contributed by atoms with Crippen LogP contribution in [0.2, 0.25) is 0 Å². The van der Waals surface area contributed by atoms with E-state index in [2.05, 4.69) is 4.18 Å². The molecule has 0 aliphatic heterocycles. The van der Waals surface area contributed by atoms with Crippen molar-refractivity contribution < 1.29 is 18.1 Å². The summed E-state index contributed by atoms with van der Waals surface area (Å²) in [5, 5.41) is 8.31. The van der Waals surface area contributed by atoms with Crippen molar-refractivity contribution in [3.63, 3.8) is 0 Å². The van der Waals surface area contributed by atoms with Crippen LogP contribution in [0.15, 0.2) is 0 Å². The number of aliphatic hydroxyl groups excluding tert-OH is 1. The number of nitrogens with two attached hydrogens (primary N) is 1. The van der Waals surface area contributed by atoms with Gasteiger partial charge in [0.2, 0.25) is 0 Å². The summed E-state index contributed by atoms with van der Waals surface area (Å²) in [5.41, 5.74) is 5.27. The van der Waals surface area contributed by atoms with Gasteiger partial charge >= 0.3 is 0 Å². The van der Waals surface area contributed by atoms with Gasteiger partial charge in [0.25, 0.3) is 0 Å². The van der Waals surface area contributed by atoms with Crippen LogP contribution in [0.3, 0.4) is 0 Å². The van der Waals surface area contributed by atoms with Crippen LogP contribution in [0, 0.1) is 0 Å². The van der Waals surface area contributed by atoms with Crippen LogP contribution in [0.5, 0.6) is 0 Å². The Balaban J connectivity index is 3.21. The van der Waals surface area contributed by atoms with Crippen molar-refractivity contribution in [2.75, 3.05) is 13.2 Å². The fourth-order valence-corrected chi connectivity index (χ4v) is 0.678. The molecule has 0 spiro atoms. The van der Waals surface area contributed by atoms with Gasteiger partial charge in [0.05, 0.1) is 18.0 Å². The molecule has 0 aliphatic carbocycles. The number of hydrogen-bond donors (Lipinski definition) is 2. The fraction of sp³-hybridized carbons (Fsp3) is 1.00. The maximum absolute atomic E-state index is 9.77. The van der Waals surface area contributed by atoms with E-state index in [1.807, 2.05) is 0 Å². The molecule has 10 heavy (non-hydrogen) atoms. The summed E-state index contributed by atoms with van der Waals surface area (Å²) in [6.45, 7) is -0.132. The lowest BCUT2D eigenvalue weighted by Gasteiger charge is -2.10. The molecular weight excluding hydrogens is 158 g/mol. The van der Waals surface area contributed by atoms with Crippen LogP contribution in [0.4, 0.5) is 0 Å². The molecule has 0 aliphatic rings. The molecule has 0 amide bonds. The molecule has 0 aromatic carbocycles. The van der Waals surface area contributed by atoms with Gasteiger partial charge in [-0.2, -0.15) is 0 Å². The van der Waals surface area contributed by atoms with E-state index in [-0.39, 0.29) is 13.2 Å². The standard InChI is InChI=1S/C4H11NO4S/c5-4(1-2-6)3-9-10(7)8/h4,6H,1-3,5H2,(H,7,8)/p-1. The Bertz CT molecular complexity index is 109. The van der Waals surface area contributed by atoms with Gasteiger partial charge in [0, 0.05) is 12.6 Å². The van der Waals surface area contributed by atoms with Crippen LogP contribution >= 0.6 is 0 Å². The van der Waals surface area contributed by atoms with E-state index in [1.165, 1.54) is 0 Å². The molecule has 0 heterocycles. The highest BCUT2D eigenvalue weighted by atomic mass is 32.2. The monoisotopic (exact) mass is 168 g/mol. The third kappa shape index (κ3) is 6.12. The average Bonchev–Trinajstić information content (AvgIpc) is 1.85. The Morgan fingerprint density at radius 1 is 1.80 bits per heavy atom. The Hall–Kier alpha value is -0.0100. The van der Waals surface area contributed by atoms with E-state index in [1.54, 1.807) is 0 Å². The highest BCUT2D eigenvalue weighted by Crippen LogP contribution is 1.88. The number of hydrogen-bond acceptors (Lipinski definition) is 5. The summed E-state index contributed by atoms with van der Waals surface area (Å²) >= 11 is -2.50. The molecule has 0 aromatic heterocycles. The molecule has 0 bridgehead atoms. The Kier molecular flexibility index (Phi) is 5.74. The van der Waals surface area contributed by atoms with Gasteiger partial charge in [0.1, 0.15) is 0 Å². The molecule has 3 N–H and O–H groups in total. The van der Waals surface area contributed by atoms with Crippen LogP contribution in [-0.2, 0) is 15.5 Å². The summed E-state index contributed by atoms with van der Waals surface area (Å²) in [5.74, 6) is 0. The quantitative estimate of drug-likeness (QED) is 0.487. The zero-order valence-electron chi connectivity index (χ0n) is 5.36. The second-order valence-corrected chi connectivity index (χ2v) is 2.40. The second-order valence-electron chi connectivity index (χ2n) is 1.76. The van der Waals surface area contributed by atoms with Crippen molar-refractivity contribution in [3.05, 3.63) is 0 Å². The minimum absolute atomic E-state index is 0.0595. The topological polar surface area (TPSA) is 95.6 Å². The molecule has 2 unspecified atom stereocenters. The summed E-state index contributed by atoms with van der Waals surface area (Å²) in [6, 6.07) is -0.414. The molecule has 0 saturated heterocycles. The molecule has 0 rings (SSSR count). The van der Waals surface area contributed by atoms with Crippen LogP contribution in [0.25, 0.3) is 0 Å². The van der Waals surface area contributed by atoms with Gasteiger partial charge in [-0.1, -0.05) is 0 Å². The highest BCUT2D eigenvalue weighted by molar-refractivity contribution is 7.74. The van der Waals surface area contributed by atoms with Gasteiger partial charge < -0.3 is 15.4 Å². The molecule has 0 radical (unpaired) electrons. The third-order valence-electron chi connectivity index (χ3n) is 0.878. The van der Waals surface area contributed by atoms with Gasteiger partial charge in [-0.25, -0.2) is 4.21 Å². The maximum atomic E-state index is 9.77. The summed E-state index contributed by atoms with van der Waals surface area (Å²) in [4.78, 5) is 0. The van der Waals surface area contributed by atoms with E-state index in [0.29, 0.717) is 6.42 Å². The van der Waals surface area contributed by atoms with E-state index in [0.717, 1.165) is 0 Å². The van der Waals surface area contributed by atoms with Gasteiger partial charge in [0.15, 0.2) is 0 Å². The first-order chi connectivity index (χ1) is 4.66. The molecule has 5 nitrogen and oxygen atoms in total. The van der Waals surface area contributed by atoms with Crippen LogP contribution in [0.1, 0.15) is 6.42 Å². The molecular formula is C4H10NO4S-. The predicted octanol–water partition coefficient (Wildman–Crippen LogP) is -1.49. The Morgan fingerprint density at radius 2 is 2.40 bits per heavy atom. The van der Waals surface area contributed by atoms with E-state index in [4.69, 9.17) is 10.8 Å². The first kappa shape index (κ1) is 9.99. The van der Waals surface area contributed by atoms with Crippen molar-refractivity contribution >= 4 is 11.4 Å². The van der Waals surface area contributed by atoms with Crippen molar-refractivity contribution in [3.8, 4) is 0 Å². The minimum atomic E-state index is -2.50. The lowest BCUT2D eigenvalue weighted by molar-refractivity contribution is 0.231. The predicted molar refractivity (Wildman–Crippen MR) is 34.6 cm³/mol. The van der Waals surface area contributed by atoms with Gasteiger partial charge in [-0.05, 0) is 6.42 Å². The van der Waals surface area contributed by atoms with E-state index in [9.17, 15) is 8.76 Å². The van der Waals surface area contributed by atoms with Crippen molar-refractivity contribution in [1.82, 2.24) is 0 Å². The molecule has 0 saturated carbocycles. The highest BCUT2D eigenvalue weighted by Gasteiger charge is 2.00. The normalized spacial score (nSPS) is 16.7. The first-order valence-electron chi connectivity index (χ1n) is 2.75. The smallest absolute Gasteiger partial charge is 0.0842 e. The van der Waals surface area contributed by atoms with E-state index < -0.39 is 17.4 Å². The van der Waals surface area contributed by atoms with Crippen molar-refractivity contribution in [2.24, 2.45) is 5.73 Å². The third-order valence-corrected chi connectivity index (χ3v) is 1.21. The lowest BCUT2D eigenvalue weighted by Crippen LogP contribution is -2.27. The summed E-state index contributed by atoms with van der Waals surface area (Å²) in [7, 11) is 0. The van der Waals surface area contributed by atoms with Gasteiger partial charge in [-0.3, -0.25) is 4.18 Å². The maximum Gasteiger partial charge on any atom is 0.0842 e. The summed E-state index contributed by atoms with van der Waals surface area (Å²) < 4.78 is 23.7. The largest absolute Gasteiger partial charge is 0.750 e. The first-order valence-corrected chi connectivity index (χ1v) is 3.75. The van der Waals surface area contributed by atoms with Crippen LogP contribution in [-0.4, -0.2) is 33.1 Å². The summed E-state index contributed by atoms with van der Waals surface area (Å²) in [6.07, 6.45) is 0.344. The Labute approximate surface area is 61.7 Å². The van der Waals surface area contributed by atoms with Crippen molar-refractivity contribution in [2.45, 2.75) is 12.5 Å². The Morgan fingerprint density at radius 3 is 2.80 bits per heavy atom. The molecule has 2 atom stereocenters. The zero-order valence-corrected chi connectivity index (χ0v) is 6.17. The molecule has 0 aromatic rings.